The van der Waals surface area contributed by atoms with Gasteiger partial charge in [-0.05, 0) is 13.3 Å². The van der Waals surface area contributed by atoms with E-state index in [4.69, 9.17) is 0 Å². The number of hydrogen-bond donors (Lipinski definition) is 1. The van der Waals surface area contributed by atoms with Crippen molar-refractivity contribution in [2.45, 2.75) is 26.8 Å². The monoisotopic (exact) mass is 320 g/mol. The maximum absolute atomic E-state index is 12.7. The highest BCUT2D eigenvalue weighted by molar-refractivity contribution is 7.13. The largest absolute Gasteiger partial charge is 0.335 e. The lowest BCUT2D eigenvalue weighted by atomic mass is 10.2. The maximum atomic E-state index is 12.7. The van der Waals surface area contributed by atoms with Gasteiger partial charge >= 0.3 is 0 Å². The lowest BCUT2D eigenvalue weighted by Crippen LogP contribution is -2.48. The summed E-state index contributed by atoms with van der Waals surface area (Å²) in [6.45, 7) is 7.94. The van der Waals surface area contributed by atoms with Crippen LogP contribution in [0.4, 0.5) is 0 Å². The van der Waals surface area contributed by atoms with Crippen molar-refractivity contribution in [2.75, 3.05) is 26.2 Å². The van der Waals surface area contributed by atoms with Gasteiger partial charge in [-0.3, -0.25) is 14.8 Å². The van der Waals surface area contributed by atoms with E-state index in [1.807, 2.05) is 18.7 Å². The summed E-state index contributed by atoms with van der Waals surface area (Å²) in [6.07, 6.45) is 2.32. The van der Waals surface area contributed by atoms with Crippen LogP contribution < -0.4 is 0 Å². The van der Waals surface area contributed by atoms with Gasteiger partial charge in [-0.15, -0.1) is 11.3 Å². The van der Waals surface area contributed by atoms with Crippen molar-refractivity contribution in [2.24, 2.45) is 0 Å². The van der Waals surface area contributed by atoms with Gasteiger partial charge in [0, 0.05) is 26.2 Å². The molecule has 0 bridgehead atoms. The summed E-state index contributed by atoms with van der Waals surface area (Å²) in [5, 5.41) is 7.69. The third-order valence-electron chi connectivity index (χ3n) is 3.83. The molecule has 1 aliphatic rings. The third-order valence-corrected chi connectivity index (χ3v) is 4.83. The molecule has 0 radical (unpaired) electrons. The van der Waals surface area contributed by atoms with Crippen molar-refractivity contribution in [1.82, 2.24) is 30.0 Å². The van der Waals surface area contributed by atoms with Crippen LogP contribution in [-0.2, 0) is 13.0 Å². The van der Waals surface area contributed by atoms with Gasteiger partial charge < -0.3 is 4.90 Å². The summed E-state index contributed by atoms with van der Waals surface area (Å²) in [5.41, 5.74) is 0.927. The fourth-order valence-electron chi connectivity index (χ4n) is 2.65. The van der Waals surface area contributed by atoms with E-state index in [-0.39, 0.29) is 5.91 Å². The number of piperazine rings is 1. The van der Waals surface area contributed by atoms with E-state index in [0.29, 0.717) is 0 Å². The number of aromatic nitrogens is 4. The Labute approximate surface area is 133 Å². The Morgan fingerprint density at radius 1 is 1.36 bits per heavy atom. The molecule has 1 aliphatic heterocycles. The number of carbonyl (C=O) groups excluding carboxylic acids is 1. The second-order valence-corrected chi connectivity index (χ2v) is 6.57. The highest BCUT2D eigenvalue weighted by Crippen LogP contribution is 2.21. The molecule has 2 aromatic heterocycles. The van der Waals surface area contributed by atoms with E-state index >= 15 is 0 Å². The fourth-order valence-corrected chi connectivity index (χ4v) is 3.62. The van der Waals surface area contributed by atoms with Crippen LogP contribution in [-0.4, -0.2) is 62.1 Å². The van der Waals surface area contributed by atoms with Gasteiger partial charge in [-0.2, -0.15) is 5.10 Å². The van der Waals surface area contributed by atoms with E-state index in [9.17, 15) is 4.79 Å². The van der Waals surface area contributed by atoms with Crippen LogP contribution >= 0.6 is 11.3 Å². The van der Waals surface area contributed by atoms with E-state index < -0.39 is 0 Å². The number of nitrogens with zero attached hydrogens (tertiary/aromatic N) is 5. The molecule has 8 heteroatoms. The Balaban J connectivity index is 1.59. The predicted octanol–water partition coefficient (Wildman–Crippen LogP) is 1.09. The van der Waals surface area contributed by atoms with E-state index in [2.05, 4.69) is 25.1 Å². The average Bonchev–Trinajstić information content (AvgIpc) is 3.16. The van der Waals surface area contributed by atoms with Crippen molar-refractivity contribution in [3.8, 4) is 0 Å². The second-order valence-electron chi connectivity index (χ2n) is 5.36. The van der Waals surface area contributed by atoms with Crippen molar-refractivity contribution >= 4 is 17.2 Å². The molecule has 1 amide bonds. The van der Waals surface area contributed by atoms with Gasteiger partial charge in [0.2, 0.25) is 0 Å². The summed E-state index contributed by atoms with van der Waals surface area (Å²) in [6, 6.07) is 0. The summed E-state index contributed by atoms with van der Waals surface area (Å²) < 4.78 is 0. The molecule has 0 saturated carbocycles. The molecule has 0 spiro atoms. The molecule has 3 heterocycles. The Morgan fingerprint density at radius 2 is 2.14 bits per heavy atom. The highest BCUT2D eigenvalue weighted by atomic mass is 32.1. The molecular formula is C14H20N6OS. The van der Waals surface area contributed by atoms with Crippen molar-refractivity contribution in [1.29, 1.82) is 0 Å². The molecule has 2 aromatic rings. The van der Waals surface area contributed by atoms with Crippen molar-refractivity contribution in [3.63, 3.8) is 0 Å². The van der Waals surface area contributed by atoms with Gasteiger partial charge in [0.25, 0.3) is 5.91 Å². The number of thiazole rings is 1. The Kier molecular flexibility index (Phi) is 4.49. The zero-order valence-electron chi connectivity index (χ0n) is 12.9. The maximum Gasteiger partial charge on any atom is 0.265 e. The standard InChI is InChI=1S/C14H20N6OS/c1-3-11-13(22-10(2)17-11)14(21)20-6-4-19(5-7-20)8-12-15-9-16-18-12/h9H,3-8H2,1-2H3,(H,15,16,18). The molecule has 0 unspecified atom stereocenters. The molecule has 7 nitrogen and oxygen atoms in total. The quantitative estimate of drug-likeness (QED) is 0.912. The first-order valence-corrected chi connectivity index (χ1v) is 8.31. The average molecular weight is 320 g/mol. The van der Waals surface area contributed by atoms with Crippen molar-refractivity contribution < 1.29 is 4.79 Å². The predicted molar refractivity (Wildman–Crippen MR) is 83.8 cm³/mol. The molecule has 118 valence electrons. The number of rotatable bonds is 4. The first kappa shape index (κ1) is 15.1. The number of hydrogen-bond acceptors (Lipinski definition) is 6. The van der Waals surface area contributed by atoms with Crippen LogP contribution in [0.25, 0.3) is 0 Å². The normalized spacial score (nSPS) is 16.2. The number of amides is 1. The fraction of sp³-hybridized carbons (Fsp3) is 0.571. The van der Waals surface area contributed by atoms with E-state index in [0.717, 1.165) is 60.5 Å². The molecule has 0 aromatic carbocycles. The van der Waals surface area contributed by atoms with Crippen LogP contribution in [0.1, 0.15) is 33.1 Å². The molecule has 0 atom stereocenters. The number of aromatic amines is 1. The first-order valence-electron chi connectivity index (χ1n) is 7.49. The molecule has 1 saturated heterocycles. The van der Waals surface area contributed by atoms with Gasteiger partial charge in [0.15, 0.2) is 0 Å². The number of aryl methyl sites for hydroxylation is 2. The van der Waals surface area contributed by atoms with Gasteiger partial charge in [-0.25, -0.2) is 9.97 Å². The molecule has 3 rings (SSSR count). The second kappa shape index (κ2) is 6.53. The highest BCUT2D eigenvalue weighted by Gasteiger charge is 2.25. The van der Waals surface area contributed by atoms with Crippen LogP contribution in [0.3, 0.4) is 0 Å². The number of H-pyrrole nitrogens is 1. The van der Waals surface area contributed by atoms with E-state index in [1.54, 1.807) is 0 Å². The summed E-state index contributed by atoms with van der Waals surface area (Å²) in [5.74, 6) is 0.993. The zero-order chi connectivity index (χ0) is 15.5. The minimum atomic E-state index is 0.127. The lowest BCUT2D eigenvalue weighted by Gasteiger charge is -2.34. The summed E-state index contributed by atoms with van der Waals surface area (Å²) in [4.78, 5) is 26.3. The number of carbonyl (C=O) groups is 1. The van der Waals surface area contributed by atoms with Crippen molar-refractivity contribution in [3.05, 3.63) is 27.7 Å². The van der Waals surface area contributed by atoms with Gasteiger partial charge in [-0.1, -0.05) is 6.92 Å². The lowest BCUT2D eigenvalue weighted by molar-refractivity contribution is 0.0629. The zero-order valence-corrected chi connectivity index (χ0v) is 13.7. The smallest absolute Gasteiger partial charge is 0.265 e. The molecule has 1 N–H and O–H groups in total. The van der Waals surface area contributed by atoms with Crippen LogP contribution in [0.15, 0.2) is 6.33 Å². The number of nitrogens with one attached hydrogen (secondary N) is 1. The van der Waals surface area contributed by atoms with Crippen LogP contribution in [0, 0.1) is 6.92 Å². The first-order chi connectivity index (χ1) is 10.7. The minimum absolute atomic E-state index is 0.127. The topological polar surface area (TPSA) is 78.0 Å². The SMILES string of the molecule is CCc1nc(C)sc1C(=O)N1CCN(Cc2ncn[nH]2)CC1. The Bertz CT molecular complexity index is 630. The van der Waals surface area contributed by atoms with Gasteiger partial charge in [0.1, 0.15) is 17.0 Å². The summed E-state index contributed by atoms with van der Waals surface area (Å²) >= 11 is 1.51. The molecular weight excluding hydrogens is 300 g/mol. The van der Waals surface area contributed by atoms with Crippen LogP contribution in [0.5, 0.6) is 0 Å². The molecule has 1 fully saturated rings. The molecule has 0 aliphatic carbocycles. The summed E-state index contributed by atoms with van der Waals surface area (Å²) in [7, 11) is 0. The third kappa shape index (κ3) is 3.17. The van der Waals surface area contributed by atoms with Crippen LogP contribution in [0.2, 0.25) is 0 Å². The van der Waals surface area contributed by atoms with E-state index in [1.165, 1.54) is 17.7 Å². The molecule has 22 heavy (non-hydrogen) atoms. The Hall–Kier alpha value is -1.80. The minimum Gasteiger partial charge on any atom is -0.335 e. The Morgan fingerprint density at radius 3 is 2.77 bits per heavy atom. The van der Waals surface area contributed by atoms with Gasteiger partial charge in [0.05, 0.1) is 17.2 Å².